The van der Waals surface area contributed by atoms with Gasteiger partial charge in [-0.25, -0.2) is 0 Å². The van der Waals surface area contributed by atoms with Crippen molar-refractivity contribution in [1.29, 1.82) is 0 Å². The lowest BCUT2D eigenvalue weighted by molar-refractivity contribution is -0.184. The molecule has 0 aliphatic heterocycles. The first-order chi connectivity index (χ1) is 13.0. The molecule has 0 bridgehead atoms. The quantitative estimate of drug-likeness (QED) is 0.680. The molecule has 1 aliphatic carbocycles. The van der Waals surface area contributed by atoms with Crippen LogP contribution in [0.3, 0.4) is 0 Å². The van der Waals surface area contributed by atoms with E-state index in [9.17, 15) is 22.8 Å². The van der Waals surface area contributed by atoms with Crippen molar-refractivity contribution in [2.45, 2.75) is 57.8 Å². The third-order valence-corrected chi connectivity index (χ3v) is 5.44. The van der Waals surface area contributed by atoms with Gasteiger partial charge in [-0.15, -0.1) is 0 Å². The van der Waals surface area contributed by atoms with Crippen LogP contribution in [0.4, 0.5) is 13.2 Å². The van der Waals surface area contributed by atoms with Gasteiger partial charge in [-0.1, -0.05) is 43.5 Å². The number of hydrogen-bond acceptors (Lipinski definition) is 2. The fraction of sp³-hybridized carbons (Fsp3) is 0.579. The van der Waals surface area contributed by atoms with E-state index in [4.69, 9.17) is 23.2 Å². The van der Waals surface area contributed by atoms with Gasteiger partial charge >= 0.3 is 6.18 Å². The molecule has 4 nitrogen and oxygen atoms in total. The van der Waals surface area contributed by atoms with Gasteiger partial charge in [0, 0.05) is 11.1 Å². The summed E-state index contributed by atoms with van der Waals surface area (Å²) < 4.78 is 38.9. The molecule has 0 heterocycles. The van der Waals surface area contributed by atoms with Gasteiger partial charge in [0.1, 0.15) is 6.04 Å². The molecule has 1 aromatic carbocycles. The average molecular weight is 439 g/mol. The van der Waals surface area contributed by atoms with Crippen molar-refractivity contribution >= 4 is 35.0 Å². The summed E-state index contributed by atoms with van der Waals surface area (Å²) in [6.45, 7) is 3.49. The molecule has 2 rings (SSSR count). The van der Waals surface area contributed by atoms with Crippen molar-refractivity contribution in [2.75, 3.05) is 0 Å². The van der Waals surface area contributed by atoms with E-state index >= 15 is 0 Å². The number of carbonyl (C=O) groups excluding carboxylic acids is 2. The third-order valence-electron chi connectivity index (χ3n) is 4.89. The van der Waals surface area contributed by atoms with E-state index in [2.05, 4.69) is 10.6 Å². The molecule has 0 radical (unpaired) electrons. The van der Waals surface area contributed by atoms with E-state index in [1.54, 1.807) is 13.8 Å². The van der Waals surface area contributed by atoms with E-state index in [0.29, 0.717) is 17.9 Å². The van der Waals surface area contributed by atoms with Crippen LogP contribution in [0.2, 0.25) is 10.0 Å². The highest BCUT2D eigenvalue weighted by Gasteiger charge is 2.42. The summed E-state index contributed by atoms with van der Waals surface area (Å²) in [6, 6.07) is 2.91. The van der Waals surface area contributed by atoms with Crippen LogP contribution in [0, 0.1) is 11.8 Å². The van der Waals surface area contributed by atoms with Gasteiger partial charge in [0.15, 0.2) is 0 Å². The second-order valence-electron chi connectivity index (χ2n) is 7.43. The molecule has 2 amide bonds. The van der Waals surface area contributed by atoms with E-state index in [1.807, 2.05) is 0 Å². The largest absolute Gasteiger partial charge is 0.391 e. The van der Waals surface area contributed by atoms with Gasteiger partial charge in [-0.3, -0.25) is 9.59 Å². The SMILES string of the molecule is CC(C)[C@H](NC(=O)c1ccc(Cl)cc1Cl)C(=O)N[C@@H]1CCC[C@@H](C(F)(F)F)C1. The first-order valence-corrected chi connectivity index (χ1v) is 9.87. The number of rotatable bonds is 5. The number of carbonyl (C=O) groups is 2. The van der Waals surface area contributed by atoms with Crippen LogP contribution in [0.5, 0.6) is 0 Å². The van der Waals surface area contributed by atoms with Crippen LogP contribution in [0.15, 0.2) is 18.2 Å². The van der Waals surface area contributed by atoms with Crippen molar-refractivity contribution < 1.29 is 22.8 Å². The molecule has 3 atom stereocenters. The predicted molar refractivity (Wildman–Crippen MR) is 102 cm³/mol. The van der Waals surface area contributed by atoms with Crippen LogP contribution >= 0.6 is 23.2 Å². The molecule has 0 unspecified atom stereocenters. The molecule has 28 heavy (non-hydrogen) atoms. The number of nitrogens with one attached hydrogen (secondary N) is 2. The first-order valence-electron chi connectivity index (χ1n) is 9.12. The topological polar surface area (TPSA) is 58.2 Å². The van der Waals surface area contributed by atoms with Gasteiger partial charge < -0.3 is 10.6 Å². The lowest BCUT2D eigenvalue weighted by Gasteiger charge is -2.32. The van der Waals surface area contributed by atoms with Gasteiger partial charge in [-0.05, 0) is 43.4 Å². The molecule has 1 aliphatic rings. The van der Waals surface area contributed by atoms with Crippen molar-refractivity contribution in [3.8, 4) is 0 Å². The maximum atomic E-state index is 13.0. The normalized spacial score (nSPS) is 21.3. The van der Waals surface area contributed by atoms with Gasteiger partial charge in [0.05, 0.1) is 16.5 Å². The van der Waals surface area contributed by atoms with Crippen molar-refractivity contribution in [2.24, 2.45) is 11.8 Å². The summed E-state index contributed by atoms with van der Waals surface area (Å²) in [7, 11) is 0. The summed E-state index contributed by atoms with van der Waals surface area (Å²) in [5.41, 5.74) is 0.166. The van der Waals surface area contributed by atoms with Gasteiger partial charge in [-0.2, -0.15) is 13.2 Å². The maximum Gasteiger partial charge on any atom is 0.391 e. The van der Waals surface area contributed by atoms with E-state index in [0.717, 1.165) is 0 Å². The van der Waals surface area contributed by atoms with Crippen LogP contribution in [-0.4, -0.2) is 30.1 Å². The molecule has 9 heteroatoms. The maximum absolute atomic E-state index is 13.0. The fourth-order valence-electron chi connectivity index (χ4n) is 3.34. The highest BCUT2D eigenvalue weighted by molar-refractivity contribution is 6.36. The molecule has 1 aromatic rings. The minimum atomic E-state index is -4.26. The highest BCUT2D eigenvalue weighted by atomic mass is 35.5. The average Bonchev–Trinajstić information content (AvgIpc) is 2.58. The Kier molecular flexibility index (Phi) is 7.62. The highest BCUT2D eigenvalue weighted by Crippen LogP contribution is 2.37. The van der Waals surface area contributed by atoms with Crippen LogP contribution in [0.25, 0.3) is 0 Å². The Labute approximate surface area is 172 Å². The second-order valence-corrected chi connectivity index (χ2v) is 8.27. The number of amides is 2. The van der Waals surface area contributed by atoms with E-state index < -0.39 is 36.0 Å². The Bertz CT molecular complexity index is 726. The molecule has 2 N–H and O–H groups in total. The summed E-state index contributed by atoms with van der Waals surface area (Å²) in [4.78, 5) is 25.2. The number of hydrogen-bond donors (Lipinski definition) is 2. The number of benzene rings is 1. The number of halogens is 5. The standard InChI is InChI=1S/C19H23Cl2F3N2O2/c1-10(2)16(26-17(27)14-7-6-12(20)9-15(14)21)18(28)25-13-5-3-4-11(8-13)19(22,23)24/h6-7,9-11,13,16H,3-5,8H2,1-2H3,(H,25,28)(H,26,27)/t11-,13-,16+/m1/s1. The van der Waals surface area contributed by atoms with E-state index in [-0.39, 0.29) is 29.3 Å². The Morgan fingerprint density at radius 3 is 2.43 bits per heavy atom. The minimum absolute atomic E-state index is 0.0787. The predicted octanol–water partition coefficient (Wildman–Crippen LogP) is 4.99. The first kappa shape index (κ1) is 22.8. The smallest absolute Gasteiger partial charge is 0.352 e. The molecule has 156 valence electrons. The monoisotopic (exact) mass is 438 g/mol. The van der Waals surface area contributed by atoms with Crippen LogP contribution in [-0.2, 0) is 4.79 Å². The molecule has 0 aromatic heterocycles. The lowest BCUT2D eigenvalue weighted by Crippen LogP contribution is -2.53. The van der Waals surface area contributed by atoms with Gasteiger partial charge in [0.25, 0.3) is 5.91 Å². The van der Waals surface area contributed by atoms with E-state index in [1.165, 1.54) is 18.2 Å². The molecular weight excluding hydrogens is 416 g/mol. The Hall–Kier alpha value is -1.47. The lowest BCUT2D eigenvalue weighted by atomic mass is 9.85. The molecule has 1 fully saturated rings. The van der Waals surface area contributed by atoms with Crippen molar-refractivity contribution in [3.63, 3.8) is 0 Å². The fourth-order valence-corrected chi connectivity index (χ4v) is 3.83. The third kappa shape index (κ3) is 6.01. The van der Waals surface area contributed by atoms with Crippen molar-refractivity contribution in [1.82, 2.24) is 10.6 Å². The second kappa shape index (κ2) is 9.35. The zero-order valence-corrected chi connectivity index (χ0v) is 17.1. The molecular formula is C19H23Cl2F3N2O2. The summed E-state index contributed by atoms with van der Waals surface area (Å²) in [5, 5.41) is 5.82. The van der Waals surface area contributed by atoms with Crippen LogP contribution < -0.4 is 10.6 Å². The Balaban J connectivity index is 2.04. The zero-order chi connectivity index (χ0) is 21.1. The summed E-state index contributed by atoms with van der Waals surface area (Å²) in [5.74, 6) is -2.72. The minimum Gasteiger partial charge on any atom is -0.352 e. The van der Waals surface area contributed by atoms with Crippen molar-refractivity contribution in [3.05, 3.63) is 33.8 Å². The Morgan fingerprint density at radius 1 is 1.18 bits per heavy atom. The summed E-state index contributed by atoms with van der Waals surface area (Å²) >= 11 is 11.8. The number of alkyl halides is 3. The zero-order valence-electron chi connectivity index (χ0n) is 15.6. The molecule has 0 spiro atoms. The molecule has 0 saturated heterocycles. The van der Waals surface area contributed by atoms with Gasteiger partial charge in [0.2, 0.25) is 5.91 Å². The molecule has 1 saturated carbocycles. The van der Waals surface area contributed by atoms with Crippen LogP contribution in [0.1, 0.15) is 49.9 Å². The Morgan fingerprint density at radius 2 is 1.86 bits per heavy atom. The summed E-state index contributed by atoms with van der Waals surface area (Å²) in [6.07, 6.45) is -3.44.